The first-order valence-electron chi connectivity index (χ1n) is 10.6. The van der Waals surface area contributed by atoms with E-state index in [0.29, 0.717) is 23.8 Å². The molecule has 4 rings (SSSR count). The van der Waals surface area contributed by atoms with Crippen LogP contribution in [0.5, 0.6) is 0 Å². The Balaban J connectivity index is 1.70. The summed E-state index contributed by atoms with van der Waals surface area (Å²) in [7, 11) is 1.99. The summed E-state index contributed by atoms with van der Waals surface area (Å²) in [6, 6.07) is 18.4. The average Bonchev–Trinajstić information content (AvgIpc) is 2.80. The summed E-state index contributed by atoms with van der Waals surface area (Å²) in [6.45, 7) is 4.34. The number of benzene rings is 2. The fraction of sp³-hybridized carbons (Fsp3) is 0.320. The van der Waals surface area contributed by atoms with Gasteiger partial charge in [0.2, 0.25) is 0 Å². The van der Waals surface area contributed by atoms with E-state index in [0.717, 1.165) is 31.5 Å². The number of anilines is 1. The Kier molecular flexibility index (Phi) is 6.07. The van der Waals surface area contributed by atoms with Crippen molar-refractivity contribution in [3.05, 3.63) is 77.5 Å². The third-order valence-electron chi connectivity index (χ3n) is 5.58. The lowest BCUT2D eigenvalue weighted by molar-refractivity contribution is 0.0724. The minimum atomic E-state index is 0.0278. The van der Waals surface area contributed by atoms with E-state index in [1.54, 1.807) is 6.20 Å². The number of aryl methyl sites for hydroxylation is 1. The van der Waals surface area contributed by atoms with Crippen molar-refractivity contribution in [2.75, 3.05) is 25.0 Å². The summed E-state index contributed by atoms with van der Waals surface area (Å²) in [5.41, 5.74) is 3.89. The molecule has 3 aromatic rings. The Morgan fingerprint density at radius 3 is 2.40 bits per heavy atom. The van der Waals surface area contributed by atoms with Crippen LogP contribution in [0.25, 0.3) is 11.4 Å². The Labute approximate surface area is 178 Å². The second kappa shape index (κ2) is 9.08. The summed E-state index contributed by atoms with van der Waals surface area (Å²) < 4.78 is 0. The molecule has 30 heavy (non-hydrogen) atoms. The van der Waals surface area contributed by atoms with Gasteiger partial charge in [0, 0.05) is 38.4 Å². The van der Waals surface area contributed by atoms with Crippen LogP contribution in [0.3, 0.4) is 0 Å². The molecular weight excluding hydrogens is 372 g/mol. The Bertz CT molecular complexity index is 995. The molecule has 1 aliphatic rings. The van der Waals surface area contributed by atoms with Crippen molar-refractivity contribution in [2.24, 2.45) is 0 Å². The summed E-state index contributed by atoms with van der Waals surface area (Å²) in [5.74, 6) is 1.35. The Morgan fingerprint density at radius 1 is 1.00 bits per heavy atom. The van der Waals surface area contributed by atoms with Crippen LogP contribution >= 0.6 is 0 Å². The lowest BCUT2D eigenvalue weighted by Crippen LogP contribution is -2.37. The van der Waals surface area contributed by atoms with Crippen molar-refractivity contribution in [2.45, 2.75) is 32.7 Å². The molecule has 0 radical (unpaired) electrons. The summed E-state index contributed by atoms with van der Waals surface area (Å²) >= 11 is 0. The molecule has 154 valence electrons. The van der Waals surface area contributed by atoms with Crippen molar-refractivity contribution in [3.8, 4) is 11.4 Å². The molecule has 0 unspecified atom stereocenters. The maximum absolute atomic E-state index is 13.3. The Morgan fingerprint density at radius 2 is 1.70 bits per heavy atom. The van der Waals surface area contributed by atoms with E-state index in [1.807, 2.05) is 47.2 Å². The van der Waals surface area contributed by atoms with Crippen LogP contribution in [0.4, 0.5) is 5.82 Å². The van der Waals surface area contributed by atoms with E-state index in [2.05, 4.69) is 36.2 Å². The first kappa shape index (κ1) is 20.1. The van der Waals surface area contributed by atoms with Crippen molar-refractivity contribution >= 4 is 11.7 Å². The molecule has 1 fully saturated rings. The van der Waals surface area contributed by atoms with Crippen LogP contribution in [-0.4, -0.2) is 40.9 Å². The standard InChI is InChI=1S/C25H28N4O/c1-19-11-13-21(14-12-19)23-26-17-22(25(30)29-15-7-4-8-16-29)24(27-23)28(2)18-20-9-5-3-6-10-20/h3,5-6,9-14,17H,4,7-8,15-16,18H2,1-2H3. The van der Waals surface area contributed by atoms with Gasteiger partial charge in [0.1, 0.15) is 11.4 Å². The summed E-state index contributed by atoms with van der Waals surface area (Å²) in [4.78, 5) is 26.7. The van der Waals surface area contributed by atoms with Gasteiger partial charge in [0.25, 0.3) is 5.91 Å². The van der Waals surface area contributed by atoms with Crippen molar-refractivity contribution < 1.29 is 4.79 Å². The number of carbonyl (C=O) groups excluding carboxylic acids is 1. The number of hydrogen-bond donors (Lipinski definition) is 0. The first-order chi connectivity index (χ1) is 14.6. The molecule has 2 aromatic carbocycles. The van der Waals surface area contributed by atoms with Gasteiger partial charge >= 0.3 is 0 Å². The molecule has 1 aromatic heterocycles. The van der Waals surface area contributed by atoms with Gasteiger partial charge in [-0.2, -0.15) is 0 Å². The third-order valence-corrected chi connectivity index (χ3v) is 5.58. The molecule has 1 aliphatic heterocycles. The van der Waals surface area contributed by atoms with Gasteiger partial charge < -0.3 is 9.80 Å². The topological polar surface area (TPSA) is 49.3 Å². The van der Waals surface area contributed by atoms with Gasteiger partial charge in [0.15, 0.2) is 5.82 Å². The van der Waals surface area contributed by atoms with Crippen LogP contribution < -0.4 is 4.90 Å². The van der Waals surface area contributed by atoms with Gasteiger partial charge in [-0.15, -0.1) is 0 Å². The zero-order valence-electron chi connectivity index (χ0n) is 17.7. The SMILES string of the molecule is Cc1ccc(-c2ncc(C(=O)N3CCCCC3)c(N(C)Cc3ccccc3)n2)cc1. The normalized spacial score (nSPS) is 13.9. The molecule has 0 aliphatic carbocycles. The molecule has 5 heteroatoms. The largest absolute Gasteiger partial charge is 0.355 e. The smallest absolute Gasteiger partial charge is 0.259 e. The van der Waals surface area contributed by atoms with Crippen LogP contribution in [0, 0.1) is 6.92 Å². The van der Waals surface area contributed by atoms with E-state index >= 15 is 0 Å². The number of rotatable bonds is 5. The van der Waals surface area contributed by atoms with E-state index in [-0.39, 0.29) is 5.91 Å². The van der Waals surface area contributed by atoms with Crippen molar-refractivity contribution in [1.29, 1.82) is 0 Å². The van der Waals surface area contributed by atoms with Crippen molar-refractivity contribution in [1.82, 2.24) is 14.9 Å². The zero-order chi connectivity index (χ0) is 20.9. The van der Waals surface area contributed by atoms with E-state index < -0.39 is 0 Å². The summed E-state index contributed by atoms with van der Waals surface area (Å²) in [6.07, 6.45) is 5.01. The molecule has 1 amide bonds. The minimum absolute atomic E-state index is 0.0278. The average molecular weight is 401 g/mol. The molecule has 5 nitrogen and oxygen atoms in total. The fourth-order valence-electron chi connectivity index (χ4n) is 3.86. The maximum atomic E-state index is 13.3. The molecule has 2 heterocycles. The molecule has 0 spiro atoms. The van der Waals surface area contributed by atoms with Gasteiger partial charge in [-0.1, -0.05) is 60.2 Å². The number of carbonyl (C=O) groups is 1. The highest BCUT2D eigenvalue weighted by atomic mass is 16.2. The molecule has 0 atom stereocenters. The molecule has 1 saturated heterocycles. The second-order valence-corrected chi connectivity index (χ2v) is 7.99. The number of hydrogen-bond acceptors (Lipinski definition) is 4. The summed E-state index contributed by atoms with van der Waals surface area (Å²) in [5, 5.41) is 0. The quantitative estimate of drug-likeness (QED) is 0.622. The monoisotopic (exact) mass is 400 g/mol. The van der Waals surface area contributed by atoms with Gasteiger partial charge in [-0.25, -0.2) is 9.97 Å². The minimum Gasteiger partial charge on any atom is -0.355 e. The highest BCUT2D eigenvalue weighted by Crippen LogP contribution is 2.25. The van der Waals surface area contributed by atoms with E-state index in [4.69, 9.17) is 4.98 Å². The second-order valence-electron chi connectivity index (χ2n) is 7.99. The Hall–Kier alpha value is -3.21. The van der Waals surface area contributed by atoms with Crippen LogP contribution in [0.2, 0.25) is 0 Å². The van der Waals surface area contributed by atoms with Gasteiger partial charge in [-0.3, -0.25) is 4.79 Å². The van der Waals surface area contributed by atoms with Gasteiger partial charge in [0.05, 0.1) is 0 Å². The van der Waals surface area contributed by atoms with E-state index in [1.165, 1.54) is 17.5 Å². The maximum Gasteiger partial charge on any atom is 0.259 e. The van der Waals surface area contributed by atoms with Crippen molar-refractivity contribution in [3.63, 3.8) is 0 Å². The molecule has 0 bridgehead atoms. The van der Waals surface area contributed by atoms with Crippen LogP contribution in [0.1, 0.15) is 40.7 Å². The van der Waals surface area contributed by atoms with E-state index in [9.17, 15) is 4.79 Å². The number of likely N-dealkylation sites (tertiary alicyclic amines) is 1. The number of nitrogens with zero attached hydrogens (tertiary/aromatic N) is 4. The zero-order valence-corrected chi connectivity index (χ0v) is 17.7. The number of aromatic nitrogens is 2. The first-order valence-corrected chi connectivity index (χ1v) is 10.6. The highest BCUT2D eigenvalue weighted by Gasteiger charge is 2.24. The molecular formula is C25H28N4O. The lowest BCUT2D eigenvalue weighted by Gasteiger charge is -2.28. The number of amides is 1. The van der Waals surface area contributed by atoms with Gasteiger partial charge in [-0.05, 0) is 31.7 Å². The lowest BCUT2D eigenvalue weighted by atomic mass is 10.1. The third kappa shape index (κ3) is 4.51. The predicted octanol–water partition coefficient (Wildman–Crippen LogP) is 4.71. The highest BCUT2D eigenvalue weighted by molar-refractivity contribution is 5.99. The van der Waals surface area contributed by atoms with Crippen LogP contribution in [0.15, 0.2) is 60.8 Å². The molecule has 0 saturated carbocycles. The molecule has 0 N–H and O–H groups in total. The number of piperidine rings is 1. The predicted molar refractivity (Wildman–Crippen MR) is 121 cm³/mol. The fourth-order valence-corrected chi connectivity index (χ4v) is 3.86. The van der Waals surface area contributed by atoms with Crippen LogP contribution in [-0.2, 0) is 6.54 Å².